The number of aliphatic imine (C=N–C) groups is 1. The SMILES string of the molecule is CN=C(NCc1cc(OC)c(OC)c(OC)c1)N1CCC(c2cnn(C)c2)C1. The maximum atomic E-state index is 5.44. The Labute approximate surface area is 166 Å². The normalized spacial score (nSPS) is 17.0. The zero-order valence-electron chi connectivity index (χ0n) is 17.2. The molecule has 1 fully saturated rings. The van der Waals surface area contributed by atoms with E-state index in [-0.39, 0.29) is 0 Å². The first-order chi connectivity index (χ1) is 13.6. The van der Waals surface area contributed by atoms with Crippen molar-refractivity contribution >= 4 is 5.96 Å². The number of rotatable bonds is 6. The molecule has 0 spiro atoms. The molecular weight excluding hydrogens is 358 g/mol. The molecule has 2 heterocycles. The molecule has 1 unspecified atom stereocenters. The summed E-state index contributed by atoms with van der Waals surface area (Å²) in [5.41, 5.74) is 2.31. The van der Waals surface area contributed by atoms with E-state index < -0.39 is 0 Å². The van der Waals surface area contributed by atoms with Crippen LogP contribution in [-0.2, 0) is 13.6 Å². The highest BCUT2D eigenvalue weighted by molar-refractivity contribution is 5.80. The molecule has 1 aliphatic heterocycles. The van der Waals surface area contributed by atoms with Crippen LogP contribution in [0.15, 0.2) is 29.5 Å². The summed E-state index contributed by atoms with van der Waals surface area (Å²) in [4.78, 5) is 6.75. The van der Waals surface area contributed by atoms with Gasteiger partial charge in [-0.25, -0.2) is 0 Å². The molecule has 0 amide bonds. The molecule has 8 nitrogen and oxygen atoms in total. The minimum Gasteiger partial charge on any atom is -0.493 e. The zero-order valence-corrected chi connectivity index (χ0v) is 17.2. The van der Waals surface area contributed by atoms with Gasteiger partial charge in [-0.1, -0.05) is 0 Å². The molecule has 1 aliphatic rings. The minimum atomic E-state index is 0.480. The Morgan fingerprint density at radius 1 is 1.21 bits per heavy atom. The summed E-state index contributed by atoms with van der Waals surface area (Å²) in [6, 6.07) is 3.90. The Morgan fingerprint density at radius 2 is 1.93 bits per heavy atom. The van der Waals surface area contributed by atoms with Crippen LogP contribution < -0.4 is 19.5 Å². The van der Waals surface area contributed by atoms with Crippen molar-refractivity contribution in [3.05, 3.63) is 35.7 Å². The highest BCUT2D eigenvalue weighted by atomic mass is 16.5. The molecule has 8 heteroatoms. The third kappa shape index (κ3) is 4.16. The molecule has 152 valence electrons. The Bertz CT molecular complexity index is 808. The predicted molar refractivity (Wildman–Crippen MR) is 108 cm³/mol. The molecule has 1 atom stereocenters. The maximum Gasteiger partial charge on any atom is 0.203 e. The number of ether oxygens (including phenoxy) is 3. The summed E-state index contributed by atoms with van der Waals surface area (Å²) in [6.07, 6.45) is 5.15. The highest BCUT2D eigenvalue weighted by Gasteiger charge is 2.27. The topological polar surface area (TPSA) is 73.1 Å². The van der Waals surface area contributed by atoms with E-state index in [2.05, 4.69) is 26.5 Å². The quantitative estimate of drug-likeness (QED) is 0.604. The molecule has 0 bridgehead atoms. The van der Waals surface area contributed by atoms with Crippen LogP contribution in [0.4, 0.5) is 0 Å². The van der Waals surface area contributed by atoms with Crippen molar-refractivity contribution in [1.82, 2.24) is 20.0 Å². The van der Waals surface area contributed by atoms with Crippen LogP contribution in [0.25, 0.3) is 0 Å². The van der Waals surface area contributed by atoms with Gasteiger partial charge >= 0.3 is 0 Å². The van der Waals surface area contributed by atoms with Crippen molar-refractivity contribution in [3.63, 3.8) is 0 Å². The van der Waals surface area contributed by atoms with Gasteiger partial charge in [-0.3, -0.25) is 9.67 Å². The van der Waals surface area contributed by atoms with E-state index in [4.69, 9.17) is 14.2 Å². The molecule has 2 aromatic rings. The van der Waals surface area contributed by atoms with Crippen molar-refractivity contribution in [2.45, 2.75) is 18.9 Å². The van der Waals surface area contributed by atoms with Crippen molar-refractivity contribution in [1.29, 1.82) is 0 Å². The number of likely N-dealkylation sites (tertiary alicyclic amines) is 1. The van der Waals surface area contributed by atoms with E-state index in [0.717, 1.165) is 31.0 Å². The van der Waals surface area contributed by atoms with E-state index in [9.17, 15) is 0 Å². The Morgan fingerprint density at radius 3 is 2.46 bits per heavy atom. The van der Waals surface area contributed by atoms with Crippen LogP contribution in [0, 0.1) is 0 Å². The highest BCUT2D eigenvalue weighted by Crippen LogP contribution is 2.38. The molecule has 1 aromatic heterocycles. The lowest BCUT2D eigenvalue weighted by atomic mass is 10.0. The lowest BCUT2D eigenvalue weighted by Gasteiger charge is -2.22. The molecule has 1 aromatic carbocycles. The second-order valence-electron chi connectivity index (χ2n) is 6.81. The lowest BCUT2D eigenvalue weighted by Crippen LogP contribution is -2.39. The van der Waals surface area contributed by atoms with Crippen molar-refractivity contribution in [2.75, 3.05) is 41.5 Å². The summed E-state index contributed by atoms with van der Waals surface area (Å²) in [6.45, 7) is 2.51. The minimum absolute atomic E-state index is 0.480. The van der Waals surface area contributed by atoms with Gasteiger partial charge in [0.15, 0.2) is 17.5 Å². The Hall–Kier alpha value is -2.90. The second kappa shape index (κ2) is 8.86. The number of nitrogens with zero attached hydrogens (tertiary/aromatic N) is 4. The number of aromatic nitrogens is 2. The first kappa shape index (κ1) is 19.9. The van der Waals surface area contributed by atoms with Crippen molar-refractivity contribution in [3.8, 4) is 17.2 Å². The molecule has 3 rings (SSSR count). The second-order valence-corrected chi connectivity index (χ2v) is 6.81. The smallest absolute Gasteiger partial charge is 0.203 e. The van der Waals surface area contributed by atoms with Crippen LogP contribution in [0.2, 0.25) is 0 Å². The van der Waals surface area contributed by atoms with E-state index in [0.29, 0.717) is 29.7 Å². The summed E-state index contributed by atoms with van der Waals surface area (Å²) in [7, 11) is 8.61. The largest absolute Gasteiger partial charge is 0.493 e. The van der Waals surface area contributed by atoms with Gasteiger partial charge in [-0.15, -0.1) is 0 Å². The van der Waals surface area contributed by atoms with E-state index in [1.807, 2.05) is 37.1 Å². The predicted octanol–water partition coefficient (Wildman–Crippen LogP) is 2.01. The molecule has 28 heavy (non-hydrogen) atoms. The van der Waals surface area contributed by atoms with Gasteiger partial charge < -0.3 is 24.4 Å². The first-order valence-corrected chi connectivity index (χ1v) is 9.32. The van der Waals surface area contributed by atoms with Crippen LogP contribution in [0.1, 0.15) is 23.5 Å². The fourth-order valence-electron chi connectivity index (χ4n) is 3.63. The molecular formula is C20H29N5O3. The van der Waals surface area contributed by atoms with Gasteiger partial charge in [-0.2, -0.15) is 5.10 Å². The molecule has 1 N–H and O–H groups in total. The fourth-order valence-corrected chi connectivity index (χ4v) is 3.63. The summed E-state index contributed by atoms with van der Waals surface area (Å²) < 4.78 is 18.1. The van der Waals surface area contributed by atoms with Crippen LogP contribution in [0.5, 0.6) is 17.2 Å². The maximum absolute atomic E-state index is 5.44. The third-order valence-corrected chi connectivity index (χ3v) is 5.07. The number of aryl methyl sites for hydroxylation is 1. The first-order valence-electron chi connectivity index (χ1n) is 9.32. The Balaban J connectivity index is 1.66. The van der Waals surface area contributed by atoms with Crippen LogP contribution in [0.3, 0.4) is 0 Å². The standard InChI is InChI=1S/C20H29N5O3/c1-21-20(25-7-6-15(13-25)16-11-23-24(2)12-16)22-10-14-8-17(26-3)19(28-5)18(9-14)27-4/h8-9,11-12,15H,6-7,10,13H2,1-5H3,(H,21,22). The average molecular weight is 387 g/mol. The summed E-state index contributed by atoms with van der Waals surface area (Å²) in [5, 5.41) is 7.74. The van der Waals surface area contributed by atoms with Gasteiger partial charge in [0.2, 0.25) is 5.75 Å². The van der Waals surface area contributed by atoms with Crippen LogP contribution >= 0.6 is 0 Å². The van der Waals surface area contributed by atoms with Crippen molar-refractivity contribution < 1.29 is 14.2 Å². The van der Waals surface area contributed by atoms with E-state index >= 15 is 0 Å². The monoisotopic (exact) mass is 387 g/mol. The van der Waals surface area contributed by atoms with Crippen LogP contribution in [-0.4, -0.2) is 62.1 Å². The fraction of sp³-hybridized carbons (Fsp3) is 0.500. The number of nitrogens with one attached hydrogen (secondary N) is 1. The number of hydrogen-bond acceptors (Lipinski definition) is 5. The lowest BCUT2D eigenvalue weighted by molar-refractivity contribution is 0.323. The summed E-state index contributed by atoms with van der Waals surface area (Å²) >= 11 is 0. The van der Waals surface area contributed by atoms with Gasteiger partial charge in [0.25, 0.3) is 0 Å². The number of methoxy groups -OCH3 is 3. The zero-order chi connectivity index (χ0) is 20.1. The van der Waals surface area contributed by atoms with Crippen molar-refractivity contribution in [2.24, 2.45) is 12.0 Å². The van der Waals surface area contributed by atoms with Gasteiger partial charge in [0.1, 0.15) is 0 Å². The van der Waals surface area contributed by atoms with E-state index in [1.54, 1.807) is 21.3 Å². The number of hydrogen-bond donors (Lipinski definition) is 1. The molecule has 0 saturated carbocycles. The molecule has 0 aliphatic carbocycles. The van der Waals surface area contributed by atoms with Gasteiger partial charge in [-0.05, 0) is 29.7 Å². The molecule has 1 saturated heterocycles. The van der Waals surface area contributed by atoms with Gasteiger partial charge in [0, 0.05) is 45.8 Å². The number of benzene rings is 1. The average Bonchev–Trinajstić information content (AvgIpc) is 3.36. The molecule has 0 radical (unpaired) electrons. The summed E-state index contributed by atoms with van der Waals surface area (Å²) in [5.74, 6) is 3.25. The van der Waals surface area contributed by atoms with Gasteiger partial charge in [0.05, 0.1) is 27.5 Å². The Kier molecular flexibility index (Phi) is 6.28. The third-order valence-electron chi connectivity index (χ3n) is 5.07. The number of guanidine groups is 1. The van der Waals surface area contributed by atoms with E-state index in [1.165, 1.54) is 5.56 Å².